The molecule has 0 fully saturated rings. The number of allylic oxidation sites excluding steroid dienone is 1. The summed E-state index contributed by atoms with van der Waals surface area (Å²) in [6.07, 6.45) is 2.89. The normalized spacial score (nSPS) is 11.0. The van der Waals surface area contributed by atoms with Crippen molar-refractivity contribution < 1.29 is 9.21 Å². The molecular weight excluding hydrogens is 250 g/mol. The molecule has 0 spiro atoms. The van der Waals surface area contributed by atoms with Crippen LogP contribution in [0.2, 0.25) is 5.02 Å². The molecule has 0 atom stereocenters. The molecule has 0 radical (unpaired) electrons. The maximum atomic E-state index is 11.9. The Bertz CT molecular complexity index is 619. The highest BCUT2D eigenvalue weighted by molar-refractivity contribution is 6.30. The molecule has 0 aliphatic heterocycles. The number of carbonyl (C=O) groups excluding carboxylic acids is 1. The third-order valence-corrected chi connectivity index (χ3v) is 2.54. The number of ketones is 1. The minimum atomic E-state index is -0.433. The van der Waals surface area contributed by atoms with Crippen molar-refractivity contribution in [2.45, 2.75) is 0 Å². The first kappa shape index (κ1) is 12.2. The van der Waals surface area contributed by atoms with E-state index < -0.39 is 5.78 Å². The number of hydrogen-bond acceptors (Lipinski definition) is 3. The quantitative estimate of drug-likeness (QED) is 0.478. The van der Waals surface area contributed by atoms with Gasteiger partial charge in [-0.2, -0.15) is 5.26 Å². The van der Waals surface area contributed by atoms with E-state index in [9.17, 15) is 4.79 Å². The lowest BCUT2D eigenvalue weighted by molar-refractivity contribution is 0.101. The van der Waals surface area contributed by atoms with Crippen LogP contribution in [0.4, 0.5) is 0 Å². The summed E-state index contributed by atoms with van der Waals surface area (Å²) in [6, 6.07) is 11.8. The average Bonchev–Trinajstić information content (AvgIpc) is 2.91. The van der Waals surface area contributed by atoms with Crippen LogP contribution >= 0.6 is 11.6 Å². The van der Waals surface area contributed by atoms with Gasteiger partial charge in [-0.15, -0.1) is 0 Å². The smallest absolute Gasteiger partial charge is 0.238 e. The van der Waals surface area contributed by atoms with Crippen molar-refractivity contribution in [3.05, 3.63) is 64.6 Å². The van der Waals surface area contributed by atoms with E-state index in [1.54, 1.807) is 30.3 Å². The lowest BCUT2D eigenvalue weighted by Gasteiger charge is -1.97. The number of furan rings is 1. The van der Waals surface area contributed by atoms with E-state index in [1.165, 1.54) is 18.4 Å². The van der Waals surface area contributed by atoms with Gasteiger partial charge in [-0.25, -0.2) is 0 Å². The van der Waals surface area contributed by atoms with Crippen molar-refractivity contribution in [3.63, 3.8) is 0 Å². The van der Waals surface area contributed by atoms with Crippen LogP contribution in [0.15, 0.2) is 52.7 Å². The van der Waals surface area contributed by atoms with E-state index in [0.717, 1.165) is 5.56 Å². The van der Waals surface area contributed by atoms with Gasteiger partial charge in [0.15, 0.2) is 5.76 Å². The largest absolute Gasteiger partial charge is 0.461 e. The van der Waals surface area contributed by atoms with Gasteiger partial charge in [-0.1, -0.05) is 23.7 Å². The van der Waals surface area contributed by atoms with Gasteiger partial charge < -0.3 is 4.42 Å². The SMILES string of the molecule is N#C/C(=C\c1ccc(Cl)cc1)C(=O)c1ccco1. The second-order valence-corrected chi connectivity index (χ2v) is 3.96. The minimum Gasteiger partial charge on any atom is -0.461 e. The lowest BCUT2D eigenvalue weighted by Crippen LogP contribution is -1.99. The number of Topliss-reactive ketones (excluding diaryl/α,β-unsaturated/α-hetero) is 1. The van der Waals surface area contributed by atoms with Crippen LogP contribution in [0.25, 0.3) is 6.08 Å². The Morgan fingerprint density at radius 3 is 2.56 bits per heavy atom. The Morgan fingerprint density at radius 1 is 1.28 bits per heavy atom. The molecule has 4 heteroatoms. The Kier molecular flexibility index (Phi) is 3.61. The molecule has 2 rings (SSSR count). The van der Waals surface area contributed by atoms with Crippen LogP contribution in [0.5, 0.6) is 0 Å². The summed E-state index contributed by atoms with van der Waals surface area (Å²) >= 11 is 5.76. The van der Waals surface area contributed by atoms with E-state index in [2.05, 4.69) is 0 Å². The number of nitrogens with zero attached hydrogens (tertiary/aromatic N) is 1. The van der Waals surface area contributed by atoms with Crippen molar-refractivity contribution >= 4 is 23.5 Å². The van der Waals surface area contributed by atoms with Crippen LogP contribution in [0.3, 0.4) is 0 Å². The van der Waals surface area contributed by atoms with E-state index >= 15 is 0 Å². The minimum absolute atomic E-state index is 0.0206. The molecule has 0 amide bonds. The maximum Gasteiger partial charge on any atom is 0.238 e. The molecule has 0 saturated heterocycles. The number of halogens is 1. The molecule has 0 unspecified atom stereocenters. The standard InChI is InChI=1S/C14H8ClNO2/c15-12-5-3-10(4-6-12)8-11(9-16)14(17)13-2-1-7-18-13/h1-8H/b11-8+. The van der Waals surface area contributed by atoms with Gasteiger partial charge in [0, 0.05) is 5.02 Å². The van der Waals surface area contributed by atoms with Gasteiger partial charge >= 0.3 is 0 Å². The number of nitriles is 1. The number of hydrogen-bond donors (Lipinski definition) is 0. The van der Waals surface area contributed by atoms with Gasteiger partial charge in [0.05, 0.1) is 6.26 Å². The summed E-state index contributed by atoms with van der Waals surface area (Å²) in [5.41, 5.74) is 0.753. The predicted molar refractivity (Wildman–Crippen MR) is 68.1 cm³/mol. The highest BCUT2D eigenvalue weighted by atomic mass is 35.5. The van der Waals surface area contributed by atoms with Crippen LogP contribution in [0, 0.1) is 11.3 Å². The number of benzene rings is 1. The third-order valence-electron chi connectivity index (χ3n) is 2.29. The first-order valence-electron chi connectivity index (χ1n) is 5.16. The molecule has 1 aromatic heterocycles. The molecule has 0 aliphatic rings. The van der Waals surface area contributed by atoms with Crippen molar-refractivity contribution in [1.82, 2.24) is 0 Å². The summed E-state index contributed by atoms with van der Waals surface area (Å²) in [4.78, 5) is 11.9. The Hall–Kier alpha value is -2.31. The van der Waals surface area contributed by atoms with Gasteiger partial charge in [0.2, 0.25) is 5.78 Å². The zero-order chi connectivity index (χ0) is 13.0. The van der Waals surface area contributed by atoms with Crippen LogP contribution < -0.4 is 0 Å². The van der Waals surface area contributed by atoms with E-state index in [-0.39, 0.29) is 11.3 Å². The molecule has 0 saturated carbocycles. The Morgan fingerprint density at radius 2 is 2.00 bits per heavy atom. The predicted octanol–water partition coefficient (Wildman–Crippen LogP) is 3.72. The van der Waals surface area contributed by atoms with Gasteiger partial charge in [0.1, 0.15) is 11.6 Å². The second kappa shape index (κ2) is 5.35. The first-order valence-corrected chi connectivity index (χ1v) is 5.54. The van der Waals surface area contributed by atoms with Gasteiger partial charge in [-0.3, -0.25) is 4.79 Å². The molecule has 3 nitrogen and oxygen atoms in total. The molecule has 1 heterocycles. The van der Waals surface area contributed by atoms with Crippen LogP contribution in [-0.2, 0) is 0 Å². The topological polar surface area (TPSA) is 54.0 Å². The summed E-state index contributed by atoms with van der Waals surface area (Å²) in [5.74, 6) is -0.283. The molecular formula is C14H8ClNO2. The fourth-order valence-electron chi connectivity index (χ4n) is 1.41. The molecule has 88 valence electrons. The van der Waals surface area contributed by atoms with Crippen molar-refractivity contribution in [3.8, 4) is 6.07 Å². The zero-order valence-corrected chi connectivity index (χ0v) is 10.0. The molecule has 0 aliphatic carbocycles. The molecule has 0 N–H and O–H groups in total. The van der Waals surface area contributed by atoms with Crippen LogP contribution in [-0.4, -0.2) is 5.78 Å². The molecule has 18 heavy (non-hydrogen) atoms. The van der Waals surface area contributed by atoms with E-state index in [0.29, 0.717) is 5.02 Å². The Labute approximate surface area is 109 Å². The number of carbonyl (C=O) groups is 1. The van der Waals surface area contributed by atoms with Gasteiger partial charge in [0.25, 0.3) is 0 Å². The Balaban J connectivity index is 2.32. The zero-order valence-electron chi connectivity index (χ0n) is 9.26. The fraction of sp³-hybridized carbons (Fsp3) is 0. The van der Waals surface area contributed by atoms with Gasteiger partial charge in [-0.05, 0) is 35.9 Å². The highest BCUT2D eigenvalue weighted by Gasteiger charge is 2.14. The fourth-order valence-corrected chi connectivity index (χ4v) is 1.54. The first-order chi connectivity index (χ1) is 8.70. The maximum absolute atomic E-state index is 11.9. The monoisotopic (exact) mass is 257 g/mol. The van der Waals surface area contributed by atoms with Crippen molar-refractivity contribution in [2.24, 2.45) is 0 Å². The van der Waals surface area contributed by atoms with E-state index in [4.69, 9.17) is 21.3 Å². The lowest BCUT2D eigenvalue weighted by atomic mass is 10.1. The summed E-state index contributed by atoms with van der Waals surface area (Å²) in [6.45, 7) is 0. The van der Waals surface area contributed by atoms with Crippen LogP contribution in [0.1, 0.15) is 16.1 Å². The molecule has 0 bridgehead atoms. The van der Waals surface area contributed by atoms with Crippen molar-refractivity contribution in [1.29, 1.82) is 5.26 Å². The molecule has 2 aromatic rings. The summed E-state index contributed by atoms with van der Waals surface area (Å²) < 4.78 is 4.97. The third kappa shape index (κ3) is 2.68. The average molecular weight is 258 g/mol. The van der Waals surface area contributed by atoms with Crippen molar-refractivity contribution in [2.75, 3.05) is 0 Å². The highest BCUT2D eigenvalue weighted by Crippen LogP contribution is 2.15. The molecule has 1 aromatic carbocycles. The summed E-state index contributed by atoms with van der Waals surface area (Å²) in [7, 11) is 0. The summed E-state index contributed by atoms with van der Waals surface area (Å²) in [5, 5.41) is 9.60. The van der Waals surface area contributed by atoms with E-state index in [1.807, 2.05) is 6.07 Å². The second-order valence-electron chi connectivity index (χ2n) is 3.53. The number of rotatable bonds is 3.